The van der Waals surface area contributed by atoms with Crippen LogP contribution in [0.15, 0.2) is 18.7 Å². The van der Waals surface area contributed by atoms with Crippen LogP contribution in [-0.4, -0.2) is 41.0 Å². The van der Waals surface area contributed by atoms with Crippen LogP contribution in [0.3, 0.4) is 0 Å². The van der Waals surface area contributed by atoms with E-state index in [1.807, 2.05) is 12.4 Å². The summed E-state index contributed by atoms with van der Waals surface area (Å²) in [6.07, 6.45) is 6.42. The van der Waals surface area contributed by atoms with Gasteiger partial charge in [0.2, 0.25) is 0 Å². The van der Waals surface area contributed by atoms with Gasteiger partial charge in [0.15, 0.2) is 0 Å². The van der Waals surface area contributed by atoms with Gasteiger partial charge in [-0.25, -0.2) is 9.97 Å². The Morgan fingerprint density at radius 1 is 1.31 bits per heavy atom. The Hall–Kier alpha value is -1.00. The quantitative estimate of drug-likeness (QED) is 0.706. The van der Waals surface area contributed by atoms with Gasteiger partial charge in [-0.1, -0.05) is 0 Å². The van der Waals surface area contributed by atoms with Crippen molar-refractivity contribution in [3.8, 4) is 0 Å². The van der Waals surface area contributed by atoms with Gasteiger partial charge < -0.3 is 10.2 Å². The lowest BCUT2D eigenvalue weighted by atomic mass is 10.3. The molecule has 0 unspecified atom stereocenters. The molecule has 0 fully saturated rings. The van der Waals surface area contributed by atoms with E-state index >= 15 is 0 Å². The molecule has 0 aliphatic heterocycles. The van der Waals surface area contributed by atoms with Crippen LogP contribution < -0.4 is 5.32 Å². The molecule has 0 aliphatic rings. The van der Waals surface area contributed by atoms with Crippen molar-refractivity contribution < 1.29 is 0 Å². The second-order valence-electron chi connectivity index (χ2n) is 4.35. The third-order valence-electron chi connectivity index (χ3n) is 2.69. The first-order valence-corrected chi connectivity index (χ1v) is 5.85. The highest BCUT2D eigenvalue weighted by Gasteiger charge is 2.01. The second kappa shape index (κ2) is 7.30. The van der Waals surface area contributed by atoms with Crippen molar-refractivity contribution in [1.82, 2.24) is 20.2 Å². The summed E-state index contributed by atoms with van der Waals surface area (Å²) in [6, 6.07) is 0.627. The highest BCUT2D eigenvalue weighted by Crippen LogP contribution is 1.95. The van der Waals surface area contributed by atoms with Gasteiger partial charge in [-0.2, -0.15) is 0 Å². The van der Waals surface area contributed by atoms with E-state index in [0.717, 1.165) is 25.2 Å². The summed E-state index contributed by atoms with van der Waals surface area (Å²) in [4.78, 5) is 10.3. The third kappa shape index (κ3) is 5.19. The molecule has 1 aromatic rings. The van der Waals surface area contributed by atoms with Crippen LogP contribution >= 0.6 is 0 Å². The minimum absolute atomic E-state index is 0.627. The van der Waals surface area contributed by atoms with Crippen molar-refractivity contribution >= 4 is 0 Å². The normalized spacial score (nSPS) is 11.3. The summed E-state index contributed by atoms with van der Waals surface area (Å²) < 4.78 is 0. The fourth-order valence-corrected chi connectivity index (χ4v) is 1.37. The maximum atomic E-state index is 3.98. The van der Waals surface area contributed by atoms with E-state index in [9.17, 15) is 0 Å². The lowest BCUT2D eigenvalue weighted by Gasteiger charge is -2.20. The molecule has 1 aromatic heterocycles. The zero-order chi connectivity index (χ0) is 11.8. The minimum Gasteiger partial charge on any atom is -0.313 e. The molecule has 0 atom stereocenters. The Balaban J connectivity index is 2.04. The topological polar surface area (TPSA) is 41.0 Å². The number of aromatic nitrogens is 2. The first kappa shape index (κ1) is 13.1. The number of nitrogens with one attached hydrogen (secondary N) is 1. The van der Waals surface area contributed by atoms with Crippen molar-refractivity contribution in [3.05, 3.63) is 24.3 Å². The standard InChI is InChI=1S/C12H22N4/c1-11(2)16(3)6-4-5-13-7-12-8-14-10-15-9-12/h8-11,13H,4-7H2,1-3H3. The molecule has 1 heterocycles. The predicted molar refractivity (Wildman–Crippen MR) is 66.1 cm³/mol. The maximum Gasteiger partial charge on any atom is 0.115 e. The average Bonchev–Trinajstić information content (AvgIpc) is 2.29. The zero-order valence-corrected chi connectivity index (χ0v) is 10.5. The summed E-state index contributed by atoms with van der Waals surface area (Å²) in [7, 11) is 2.16. The Kier molecular flexibility index (Phi) is 5.96. The molecule has 0 saturated heterocycles. The molecule has 4 nitrogen and oxygen atoms in total. The average molecular weight is 222 g/mol. The van der Waals surface area contributed by atoms with Gasteiger partial charge in [-0.15, -0.1) is 0 Å². The van der Waals surface area contributed by atoms with Crippen LogP contribution in [0.2, 0.25) is 0 Å². The van der Waals surface area contributed by atoms with Crippen LogP contribution in [-0.2, 0) is 6.54 Å². The van der Waals surface area contributed by atoms with Gasteiger partial charge in [-0.3, -0.25) is 0 Å². The fraction of sp³-hybridized carbons (Fsp3) is 0.667. The highest BCUT2D eigenvalue weighted by molar-refractivity contribution is 5.01. The first-order chi connectivity index (χ1) is 7.70. The molecule has 0 aromatic carbocycles. The van der Waals surface area contributed by atoms with Gasteiger partial charge in [0.1, 0.15) is 6.33 Å². The molecule has 0 spiro atoms. The molecule has 0 radical (unpaired) electrons. The summed E-state index contributed by atoms with van der Waals surface area (Å²) in [6.45, 7) is 7.46. The molecule has 4 heteroatoms. The maximum absolute atomic E-state index is 3.98. The molecular weight excluding hydrogens is 200 g/mol. The molecule has 16 heavy (non-hydrogen) atoms. The third-order valence-corrected chi connectivity index (χ3v) is 2.69. The monoisotopic (exact) mass is 222 g/mol. The van der Waals surface area contributed by atoms with E-state index in [1.165, 1.54) is 6.42 Å². The van der Waals surface area contributed by atoms with Crippen molar-refractivity contribution in [2.45, 2.75) is 32.9 Å². The van der Waals surface area contributed by atoms with Crippen LogP contribution in [0.1, 0.15) is 25.8 Å². The van der Waals surface area contributed by atoms with Gasteiger partial charge in [-0.05, 0) is 40.4 Å². The van der Waals surface area contributed by atoms with Gasteiger partial charge in [0, 0.05) is 30.5 Å². The summed E-state index contributed by atoms with van der Waals surface area (Å²) in [5, 5.41) is 3.39. The van der Waals surface area contributed by atoms with E-state index in [2.05, 4.69) is 41.1 Å². The highest BCUT2D eigenvalue weighted by atomic mass is 15.1. The SMILES string of the molecule is CC(C)N(C)CCCNCc1cncnc1. The second-order valence-corrected chi connectivity index (χ2v) is 4.35. The number of nitrogens with zero attached hydrogens (tertiary/aromatic N) is 3. The fourth-order valence-electron chi connectivity index (χ4n) is 1.37. The van der Waals surface area contributed by atoms with Crippen LogP contribution in [0.4, 0.5) is 0 Å². The van der Waals surface area contributed by atoms with E-state index in [0.29, 0.717) is 6.04 Å². The Morgan fingerprint density at radius 2 is 2.00 bits per heavy atom. The minimum atomic E-state index is 0.627. The summed E-state index contributed by atoms with van der Waals surface area (Å²) in [5.41, 5.74) is 1.14. The van der Waals surface area contributed by atoms with Crippen molar-refractivity contribution in [3.63, 3.8) is 0 Å². The Bertz CT molecular complexity index is 274. The van der Waals surface area contributed by atoms with E-state index < -0.39 is 0 Å². The Labute approximate surface area is 98.1 Å². The van der Waals surface area contributed by atoms with Crippen LogP contribution in [0.25, 0.3) is 0 Å². The molecular formula is C12H22N4. The van der Waals surface area contributed by atoms with E-state index in [-0.39, 0.29) is 0 Å². The molecule has 1 rings (SSSR count). The van der Waals surface area contributed by atoms with Gasteiger partial charge >= 0.3 is 0 Å². The Morgan fingerprint density at radius 3 is 2.62 bits per heavy atom. The lowest BCUT2D eigenvalue weighted by Crippen LogP contribution is -2.29. The van der Waals surface area contributed by atoms with Crippen LogP contribution in [0.5, 0.6) is 0 Å². The van der Waals surface area contributed by atoms with E-state index in [4.69, 9.17) is 0 Å². The smallest absolute Gasteiger partial charge is 0.115 e. The lowest BCUT2D eigenvalue weighted by molar-refractivity contribution is 0.269. The molecule has 0 bridgehead atoms. The van der Waals surface area contributed by atoms with Gasteiger partial charge in [0.05, 0.1) is 0 Å². The summed E-state index contributed by atoms with van der Waals surface area (Å²) in [5.74, 6) is 0. The number of rotatable bonds is 7. The summed E-state index contributed by atoms with van der Waals surface area (Å²) >= 11 is 0. The zero-order valence-electron chi connectivity index (χ0n) is 10.5. The number of hydrogen-bond acceptors (Lipinski definition) is 4. The number of hydrogen-bond donors (Lipinski definition) is 1. The molecule has 90 valence electrons. The van der Waals surface area contributed by atoms with Crippen molar-refractivity contribution in [1.29, 1.82) is 0 Å². The molecule has 0 amide bonds. The van der Waals surface area contributed by atoms with E-state index in [1.54, 1.807) is 6.33 Å². The first-order valence-electron chi connectivity index (χ1n) is 5.85. The van der Waals surface area contributed by atoms with Crippen molar-refractivity contribution in [2.24, 2.45) is 0 Å². The largest absolute Gasteiger partial charge is 0.313 e. The molecule has 1 N–H and O–H groups in total. The van der Waals surface area contributed by atoms with Crippen LogP contribution in [0, 0.1) is 0 Å². The van der Waals surface area contributed by atoms with Gasteiger partial charge in [0.25, 0.3) is 0 Å². The molecule has 0 saturated carbocycles. The molecule has 0 aliphatic carbocycles. The predicted octanol–water partition coefficient (Wildman–Crippen LogP) is 1.30. The van der Waals surface area contributed by atoms with Crippen molar-refractivity contribution in [2.75, 3.05) is 20.1 Å².